The highest BCUT2D eigenvalue weighted by Crippen LogP contribution is 2.20. The van der Waals surface area contributed by atoms with E-state index in [1.165, 1.54) is 32.1 Å². The fourth-order valence-electron chi connectivity index (χ4n) is 4.59. The summed E-state index contributed by atoms with van der Waals surface area (Å²) in [5, 5.41) is 9.61. The third-order valence-electron chi connectivity index (χ3n) is 6.35. The Kier molecular flexibility index (Phi) is 9.69. The first kappa shape index (κ1) is 22.3. The number of nitrogens with one attached hydrogen (secondary N) is 3. The van der Waals surface area contributed by atoms with Gasteiger partial charge < -0.3 is 20.9 Å². The molecule has 156 valence electrons. The number of halogens is 1. The molecule has 2 heterocycles. The van der Waals surface area contributed by atoms with Crippen LogP contribution in [0.4, 0.5) is 4.79 Å². The third-order valence-corrected chi connectivity index (χ3v) is 6.35. The summed E-state index contributed by atoms with van der Waals surface area (Å²) in [6, 6.07) is 0.528. The molecule has 0 aromatic carbocycles. The SMILES string of the molecule is Cl.O=C(NC1CCCCC1)NC1CCN(C(=O)CCC2CCNCC2)CC1. The summed E-state index contributed by atoms with van der Waals surface area (Å²) >= 11 is 0. The summed E-state index contributed by atoms with van der Waals surface area (Å²) in [5.41, 5.74) is 0. The van der Waals surface area contributed by atoms with Crippen LogP contribution in [0.5, 0.6) is 0 Å². The largest absolute Gasteiger partial charge is 0.343 e. The smallest absolute Gasteiger partial charge is 0.315 e. The Morgan fingerprint density at radius 1 is 0.852 bits per heavy atom. The Hall–Kier alpha value is -1.01. The fourth-order valence-corrected chi connectivity index (χ4v) is 4.59. The van der Waals surface area contributed by atoms with Crippen molar-refractivity contribution in [1.29, 1.82) is 0 Å². The van der Waals surface area contributed by atoms with Gasteiger partial charge in [0.05, 0.1) is 0 Å². The Labute approximate surface area is 170 Å². The van der Waals surface area contributed by atoms with E-state index in [1.807, 2.05) is 4.90 Å². The lowest BCUT2D eigenvalue weighted by molar-refractivity contribution is -0.132. The maximum Gasteiger partial charge on any atom is 0.315 e. The summed E-state index contributed by atoms with van der Waals surface area (Å²) in [4.78, 5) is 26.6. The highest BCUT2D eigenvalue weighted by molar-refractivity contribution is 5.85. The molecule has 0 bridgehead atoms. The molecule has 6 nitrogen and oxygen atoms in total. The van der Waals surface area contributed by atoms with Crippen molar-refractivity contribution in [2.24, 2.45) is 5.92 Å². The normalized spacial score (nSPS) is 22.7. The first-order chi connectivity index (χ1) is 12.7. The second-order valence-corrected chi connectivity index (χ2v) is 8.34. The van der Waals surface area contributed by atoms with E-state index in [2.05, 4.69) is 16.0 Å². The maximum atomic E-state index is 12.4. The summed E-state index contributed by atoms with van der Waals surface area (Å²) in [7, 11) is 0. The minimum atomic E-state index is -0.0208. The van der Waals surface area contributed by atoms with Crippen LogP contribution in [0.3, 0.4) is 0 Å². The second-order valence-electron chi connectivity index (χ2n) is 8.34. The van der Waals surface area contributed by atoms with Gasteiger partial charge in [-0.1, -0.05) is 19.3 Å². The number of likely N-dealkylation sites (tertiary alicyclic amines) is 1. The molecule has 1 saturated carbocycles. The molecule has 0 radical (unpaired) electrons. The minimum absolute atomic E-state index is 0. The lowest BCUT2D eigenvalue weighted by Crippen LogP contribution is -2.51. The van der Waals surface area contributed by atoms with Crippen molar-refractivity contribution in [3.05, 3.63) is 0 Å². The Morgan fingerprint density at radius 3 is 2.07 bits per heavy atom. The standard InChI is InChI=1S/C20H36N4O2.ClH/c25-19(7-6-16-8-12-21-13-9-16)24-14-10-18(11-15-24)23-20(26)22-17-4-2-1-3-5-17;/h16-18,21H,1-15H2,(H2,22,23,26);1H. The quantitative estimate of drug-likeness (QED) is 0.664. The van der Waals surface area contributed by atoms with Crippen LogP contribution in [0.25, 0.3) is 0 Å². The highest BCUT2D eigenvalue weighted by atomic mass is 35.5. The van der Waals surface area contributed by atoms with Gasteiger partial charge in [-0.15, -0.1) is 12.4 Å². The van der Waals surface area contributed by atoms with Crippen LogP contribution in [0.15, 0.2) is 0 Å². The third kappa shape index (κ3) is 7.49. The van der Waals surface area contributed by atoms with Crippen molar-refractivity contribution in [1.82, 2.24) is 20.9 Å². The maximum absolute atomic E-state index is 12.4. The van der Waals surface area contributed by atoms with Gasteiger partial charge in [0.2, 0.25) is 5.91 Å². The number of rotatable bonds is 5. The molecular formula is C20H37ClN4O2. The second kappa shape index (κ2) is 11.7. The van der Waals surface area contributed by atoms with E-state index < -0.39 is 0 Å². The highest BCUT2D eigenvalue weighted by Gasteiger charge is 2.25. The molecule has 27 heavy (non-hydrogen) atoms. The lowest BCUT2D eigenvalue weighted by Gasteiger charge is -2.33. The van der Waals surface area contributed by atoms with Crippen LogP contribution in [0, 0.1) is 5.92 Å². The first-order valence-corrected chi connectivity index (χ1v) is 10.8. The van der Waals surface area contributed by atoms with Gasteiger partial charge in [0.15, 0.2) is 0 Å². The molecule has 2 saturated heterocycles. The zero-order valence-corrected chi connectivity index (χ0v) is 17.3. The molecule has 0 atom stereocenters. The van der Waals surface area contributed by atoms with Crippen LogP contribution in [0.2, 0.25) is 0 Å². The van der Waals surface area contributed by atoms with Crippen molar-refractivity contribution in [3.8, 4) is 0 Å². The van der Waals surface area contributed by atoms with Gasteiger partial charge in [-0.05, 0) is 64.0 Å². The Morgan fingerprint density at radius 2 is 1.44 bits per heavy atom. The van der Waals surface area contributed by atoms with E-state index in [0.717, 1.165) is 58.3 Å². The lowest BCUT2D eigenvalue weighted by atomic mass is 9.93. The number of nitrogens with zero attached hydrogens (tertiary/aromatic N) is 1. The van der Waals surface area contributed by atoms with Crippen LogP contribution in [-0.4, -0.2) is 55.1 Å². The Bertz CT molecular complexity index is 457. The topological polar surface area (TPSA) is 73.5 Å². The predicted octanol–water partition coefficient (Wildman–Crippen LogP) is 2.81. The molecular weight excluding hydrogens is 364 g/mol. The van der Waals surface area contributed by atoms with Crippen LogP contribution >= 0.6 is 12.4 Å². The zero-order chi connectivity index (χ0) is 18.2. The van der Waals surface area contributed by atoms with Gasteiger partial charge in [-0.2, -0.15) is 0 Å². The number of hydrogen-bond acceptors (Lipinski definition) is 3. The summed E-state index contributed by atoms with van der Waals surface area (Å²) in [6.45, 7) is 3.75. The number of piperidine rings is 2. The summed E-state index contributed by atoms with van der Waals surface area (Å²) in [5.74, 6) is 1.01. The molecule has 3 N–H and O–H groups in total. The van der Waals surface area contributed by atoms with Crippen molar-refractivity contribution in [3.63, 3.8) is 0 Å². The van der Waals surface area contributed by atoms with Gasteiger partial charge in [0.1, 0.15) is 0 Å². The molecule has 7 heteroatoms. The summed E-state index contributed by atoms with van der Waals surface area (Å²) in [6.07, 6.45) is 11.8. The predicted molar refractivity (Wildman–Crippen MR) is 110 cm³/mol. The van der Waals surface area contributed by atoms with Gasteiger partial charge in [0, 0.05) is 31.6 Å². The number of carbonyl (C=O) groups is 2. The average Bonchev–Trinajstić information content (AvgIpc) is 2.68. The van der Waals surface area contributed by atoms with E-state index in [9.17, 15) is 9.59 Å². The van der Waals surface area contributed by atoms with E-state index in [0.29, 0.717) is 24.3 Å². The summed E-state index contributed by atoms with van der Waals surface area (Å²) < 4.78 is 0. The average molecular weight is 401 g/mol. The Balaban J connectivity index is 0.00000261. The van der Waals surface area contributed by atoms with Gasteiger partial charge in [0.25, 0.3) is 0 Å². The van der Waals surface area contributed by atoms with Crippen molar-refractivity contribution < 1.29 is 9.59 Å². The molecule has 3 fully saturated rings. The number of urea groups is 1. The van der Waals surface area contributed by atoms with Crippen LogP contribution in [0.1, 0.15) is 70.6 Å². The van der Waals surface area contributed by atoms with E-state index in [-0.39, 0.29) is 24.5 Å². The van der Waals surface area contributed by atoms with Gasteiger partial charge in [-0.3, -0.25) is 4.79 Å². The van der Waals surface area contributed by atoms with Crippen molar-refractivity contribution in [2.45, 2.75) is 82.7 Å². The number of carbonyl (C=O) groups excluding carboxylic acids is 2. The van der Waals surface area contributed by atoms with E-state index >= 15 is 0 Å². The number of amides is 3. The molecule has 0 aromatic heterocycles. The van der Waals surface area contributed by atoms with Crippen molar-refractivity contribution in [2.75, 3.05) is 26.2 Å². The molecule has 1 aliphatic carbocycles. The van der Waals surface area contributed by atoms with E-state index in [4.69, 9.17) is 0 Å². The molecule has 0 spiro atoms. The van der Waals surface area contributed by atoms with Gasteiger partial charge in [-0.25, -0.2) is 4.79 Å². The molecule has 2 aliphatic heterocycles. The fraction of sp³-hybridized carbons (Fsp3) is 0.900. The molecule has 3 rings (SSSR count). The van der Waals surface area contributed by atoms with E-state index in [1.54, 1.807) is 0 Å². The molecule has 3 aliphatic rings. The van der Waals surface area contributed by atoms with Crippen LogP contribution < -0.4 is 16.0 Å². The van der Waals surface area contributed by atoms with Crippen LogP contribution in [-0.2, 0) is 4.79 Å². The van der Waals surface area contributed by atoms with Crippen molar-refractivity contribution >= 4 is 24.3 Å². The zero-order valence-electron chi connectivity index (χ0n) is 16.5. The first-order valence-electron chi connectivity index (χ1n) is 10.8. The molecule has 3 amide bonds. The molecule has 0 aromatic rings. The minimum Gasteiger partial charge on any atom is -0.343 e. The number of hydrogen-bond donors (Lipinski definition) is 3. The molecule has 0 unspecified atom stereocenters. The monoisotopic (exact) mass is 400 g/mol. The van der Waals surface area contributed by atoms with Gasteiger partial charge >= 0.3 is 6.03 Å².